The zero-order chi connectivity index (χ0) is 11.6. The van der Waals surface area contributed by atoms with Crippen LogP contribution in [0, 0.1) is 0 Å². The molecular formula is C11H14N2O3. The van der Waals surface area contributed by atoms with Crippen molar-refractivity contribution in [2.24, 2.45) is 5.73 Å². The highest BCUT2D eigenvalue weighted by Crippen LogP contribution is 2.28. The van der Waals surface area contributed by atoms with E-state index in [1.165, 1.54) is 12.1 Å². The Labute approximate surface area is 92.6 Å². The lowest BCUT2D eigenvalue weighted by molar-refractivity contribution is 0.0927. The molecule has 1 aromatic rings. The molecule has 5 heteroatoms. The normalized spacial score (nSPS) is 17.6. The third kappa shape index (κ3) is 2.30. The number of carbonyl (C=O) groups excluding carboxylic acids is 1. The van der Waals surface area contributed by atoms with Crippen LogP contribution in [0.15, 0.2) is 27.6 Å². The van der Waals surface area contributed by atoms with Crippen molar-refractivity contribution in [2.45, 2.75) is 24.8 Å². The van der Waals surface area contributed by atoms with Crippen LogP contribution in [-0.4, -0.2) is 18.0 Å². The van der Waals surface area contributed by atoms with Crippen molar-refractivity contribution in [1.82, 2.24) is 5.32 Å². The topological polar surface area (TPSA) is 85.3 Å². The SMILES string of the molecule is NC1(CNC(=O)c2ccc(=O)oc2)CCC1. The smallest absolute Gasteiger partial charge is 0.335 e. The Morgan fingerprint density at radius 1 is 1.50 bits per heavy atom. The van der Waals surface area contributed by atoms with Crippen molar-refractivity contribution >= 4 is 5.91 Å². The van der Waals surface area contributed by atoms with Crippen LogP contribution in [-0.2, 0) is 0 Å². The second-order valence-corrected chi connectivity index (χ2v) is 4.24. The van der Waals surface area contributed by atoms with E-state index in [9.17, 15) is 9.59 Å². The van der Waals surface area contributed by atoms with Gasteiger partial charge < -0.3 is 15.5 Å². The average molecular weight is 222 g/mol. The molecule has 1 aromatic heterocycles. The van der Waals surface area contributed by atoms with E-state index in [2.05, 4.69) is 9.73 Å². The molecular weight excluding hydrogens is 208 g/mol. The molecule has 1 aliphatic rings. The molecule has 0 radical (unpaired) electrons. The highest BCUT2D eigenvalue weighted by Gasteiger charge is 2.32. The maximum Gasteiger partial charge on any atom is 0.335 e. The van der Waals surface area contributed by atoms with E-state index in [0.29, 0.717) is 12.1 Å². The number of amides is 1. The van der Waals surface area contributed by atoms with Gasteiger partial charge >= 0.3 is 5.63 Å². The van der Waals surface area contributed by atoms with Gasteiger partial charge in [0.05, 0.1) is 5.56 Å². The maximum absolute atomic E-state index is 11.6. The number of nitrogens with one attached hydrogen (secondary N) is 1. The summed E-state index contributed by atoms with van der Waals surface area (Å²) in [4.78, 5) is 22.3. The quantitative estimate of drug-likeness (QED) is 0.767. The molecule has 86 valence electrons. The summed E-state index contributed by atoms with van der Waals surface area (Å²) in [6.45, 7) is 0.463. The van der Waals surface area contributed by atoms with Gasteiger partial charge in [0, 0.05) is 18.2 Å². The molecule has 1 heterocycles. The van der Waals surface area contributed by atoms with Crippen LogP contribution in [0.5, 0.6) is 0 Å². The van der Waals surface area contributed by atoms with E-state index in [1.807, 2.05) is 0 Å². The molecule has 0 bridgehead atoms. The average Bonchev–Trinajstić information content (AvgIpc) is 2.24. The molecule has 1 saturated carbocycles. The third-order valence-corrected chi connectivity index (χ3v) is 2.91. The van der Waals surface area contributed by atoms with Crippen molar-refractivity contribution in [3.05, 3.63) is 34.4 Å². The van der Waals surface area contributed by atoms with Crippen LogP contribution in [0.3, 0.4) is 0 Å². The van der Waals surface area contributed by atoms with Gasteiger partial charge in [-0.1, -0.05) is 0 Å². The van der Waals surface area contributed by atoms with E-state index >= 15 is 0 Å². The highest BCUT2D eigenvalue weighted by molar-refractivity contribution is 5.93. The summed E-state index contributed by atoms with van der Waals surface area (Å²) in [5.41, 5.74) is 5.59. The van der Waals surface area contributed by atoms with Crippen molar-refractivity contribution in [2.75, 3.05) is 6.54 Å². The minimum Gasteiger partial charge on any atom is -0.430 e. The van der Waals surface area contributed by atoms with Crippen molar-refractivity contribution in [1.29, 1.82) is 0 Å². The first-order valence-electron chi connectivity index (χ1n) is 5.25. The van der Waals surface area contributed by atoms with Gasteiger partial charge in [0.15, 0.2) is 0 Å². The van der Waals surface area contributed by atoms with Crippen LogP contribution < -0.4 is 16.7 Å². The lowest BCUT2D eigenvalue weighted by atomic mass is 9.78. The fourth-order valence-electron chi connectivity index (χ4n) is 1.65. The summed E-state index contributed by atoms with van der Waals surface area (Å²) in [7, 11) is 0. The number of nitrogens with two attached hydrogens (primary N) is 1. The van der Waals surface area contributed by atoms with Crippen molar-refractivity contribution in [3.63, 3.8) is 0 Å². The number of hydrogen-bond acceptors (Lipinski definition) is 4. The Kier molecular flexibility index (Phi) is 2.78. The van der Waals surface area contributed by atoms with Gasteiger partial charge in [0.1, 0.15) is 6.26 Å². The molecule has 2 rings (SSSR count). The summed E-state index contributed by atoms with van der Waals surface area (Å²) < 4.78 is 4.60. The summed E-state index contributed by atoms with van der Waals surface area (Å²) >= 11 is 0. The van der Waals surface area contributed by atoms with Gasteiger partial charge in [-0.25, -0.2) is 4.79 Å². The fraction of sp³-hybridized carbons (Fsp3) is 0.455. The number of rotatable bonds is 3. The zero-order valence-electron chi connectivity index (χ0n) is 8.86. The molecule has 1 aliphatic carbocycles. The Balaban J connectivity index is 1.92. The molecule has 0 saturated heterocycles. The van der Waals surface area contributed by atoms with Gasteiger partial charge in [-0.15, -0.1) is 0 Å². The molecule has 3 N–H and O–H groups in total. The predicted molar refractivity (Wildman–Crippen MR) is 58.1 cm³/mol. The van der Waals surface area contributed by atoms with Crippen LogP contribution in [0.4, 0.5) is 0 Å². The molecule has 5 nitrogen and oxygen atoms in total. The monoisotopic (exact) mass is 222 g/mol. The summed E-state index contributed by atoms with van der Waals surface area (Å²) in [5.74, 6) is -0.263. The number of hydrogen-bond donors (Lipinski definition) is 2. The van der Waals surface area contributed by atoms with Crippen molar-refractivity contribution in [3.8, 4) is 0 Å². The Hall–Kier alpha value is -1.62. The van der Waals surface area contributed by atoms with Crippen LogP contribution >= 0.6 is 0 Å². The Bertz CT molecular complexity index is 428. The molecule has 1 fully saturated rings. The molecule has 1 amide bonds. The fourth-order valence-corrected chi connectivity index (χ4v) is 1.65. The highest BCUT2D eigenvalue weighted by atomic mass is 16.4. The standard InChI is InChI=1S/C11H14N2O3/c12-11(4-1-5-11)7-13-10(15)8-2-3-9(14)16-6-8/h2-3,6H,1,4-5,7,12H2,(H,13,15). The molecule has 0 aliphatic heterocycles. The second kappa shape index (κ2) is 4.09. The van der Waals surface area contributed by atoms with Crippen LogP contribution in [0.2, 0.25) is 0 Å². The molecule has 0 spiro atoms. The third-order valence-electron chi connectivity index (χ3n) is 2.91. The van der Waals surface area contributed by atoms with E-state index in [0.717, 1.165) is 25.5 Å². The van der Waals surface area contributed by atoms with E-state index in [4.69, 9.17) is 5.73 Å². The van der Waals surface area contributed by atoms with Crippen LogP contribution in [0.25, 0.3) is 0 Å². The zero-order valence-corrected chi connectivity index (χ0v) is 8.86. The largest absolute Gasteiger partial charge is 0.430 e. The Morgan fingerprint density at radius 2 is 2.25 bits per heavy atom. The molecule has 0 aromatic carbocycles. The first kappa shape index (κ1) is 10.9. The summed E-state index contributed by atoms with van der Waals surface area (Å²) in [6.07, 6.45) is 4.16. The van der Waals surface area contributed by atoms with Crippen LogP contribution in [0.1, 0.15) is 29.6 Å². The summed E-state index contributed by atoms with van der Waals surface area (Å²) in [5, 5.41) is 2.73. The van der Waals surface area contributed by atoms with E-state index in [-0.39, 0.29) is 11.4 Å². The van der Waals surface area contributed by atoms with E-state index < -0.39 is 5.63 Å². The Morgan fingerprint density at radius 3 is 2.75 bits per heavy atom. The minimum atomic E-state index is -0.467. The first-order chi connectivity index (χ1) is 7.59. The minimum absolute atomic E-state index is 0.245. The van der Waals surface area contributed by atoms with Gasteiger partial charge in [-0.3, -0.25) is 4.79 Å². The van der Waals surface area contributed by atoms with Gasteiger partial charge in [0.25, 0.3) is 5.91 Å². The maximum atomic E-state index is 11.6. The number of carbonyl (C=O) groups is 1. The lowest BCUT2D eigenvalue weighted by Crippen LogP contribution is -2.54. The molecule has 16 heavy (non-hydrogen) atoms. The second-order valence-electron chi connectivity index (χ2n) is 4.24. The van der Waals surface area contributed by atoms with Gasteiger partial charge in [-0.2, -0.15) is 0 Å². The molecule has 0 atom stereocenters. The molecule has 0 unspecified atom stereocenters. The predicted octanol–water partition coefficient (Wildman–Crippen LogP) is 0.251. The van der Waals surface area contributed by atoms with E-state index in [1.54, 1.807) is 0 Å². The lowest BCUT2D eigenvalue weighted by Gasteiger charge is -2.38. The first-order valence-corrected chi connectivity index (χ1v) is 5.25. The van der Waals surface area contributed by atoms with Gasteiger partial charge in [0.2, 0.25) is 0 Å². The van der Waals surface area contributed by atoms with Gasteiger partial charge in [-0.05, 0) is 25.3 Å². The summed E-state index contributed by atoms with van der Waals surface area (Å²) in [6, 6.07) is 2.65. The van der Waals surface area contributed by atoms with Crippen molar-refractivity contribution < 1.29 is 9.21 Å².